The molecule has 0 bridgehead atoms. The molecular formula is C18H16N4O3S. The van der Waals surface area contributed by atoms with Crippen molar-refractivity contribution in [2.75, 3.05) is 5.32 Å². The van der Waals surface area contributed by atoms with Crippen molar-refractivity contribution in [2.24, 2.45) is 0 Å². The molecule has 0 spiro atoms. The number of aromatic nitrogens is 2. The summed E-state index contributed by atoms with van der Waals surface area (Å²) >= 11 is 0. The molecule has 1 aromatic carbocycles. The molecule has 26 heavy (non-hydrogen) atoms. The van der Waals surface area contributed by atoms with Gasteiger partial charge in [0.15, 0.2) is 5.03 Å². The van der Waals surface area contributed by atoms with Crippen LogP contribution < -0.4 is 10.6 Å². The Morgan fingerprint density at radius 3 is 2.42 bits per heavy atom. The number of rotatable bonds is 5. The van der Waals surface area contributed by atoms with Gasteiger partial charge in [0.05, 0.1) is 4.90 Å². The lowest BCUT2D eigenvalue weighted by atomic mass is 10.3. The number of hydrogen-bond acceptors (Lipinski definition) is 5. The lowest BCUT2D eigenvalue weighted by Crippen LogP contribution is -2.28. The Balaban J connectivity index is 1.63. The normalized spacial score (nSPS) is 10.9. The fourth-order valence-electron chi connectivity index (χ4n) is 2.20. The minimum Gasteiger partial charge on any atom is -0.334 e. The summed E-state index contributed by atoms with van der Waals surface area (Å²) in [7, 11) is -3.68. The molecule has 3 aromatic rings. The quantitative estimate of drug-likeness (QED) is 0.721. The molecule has 0 saturated carbocycles. The lowest BCUT2D eigenvalue weighted by molar-refractivity contribution is 0.251. The van der Waals surface area contributed by atoms with Gasteiger partial charge in [0, 0.05) is 30.8 Å². The largest absolute Gasteiger partial charge is 0.334 e. The summed E-state index contributed by atoms with van der Waals surface area (Å²) in [6.45, 7) is 0.339. The van der Waals surface area contributed by atoms with Crippen LogP contribution in [0.2, 0.25) is 0 Å². The number of amides is 2. The van der Waals surface area contributed by atoms with Crippen molar-refractivity contribution in [3.05, 3.63) is 78.8 Å². The fraction of sp³-hybridized carbons (Fsp3) is 0.0556. The Hall–Kier alpha value is -3.26. The number of hydrogen-bond donors (Lipinski definition) is 2. The highest BCUT2D eigenvalue weighted by Crippen LogP contribution is 2.20. The number of anilines is 1. The highest BCUT2D eigenvalue weighted by atomic mass is 32.2. The van der Waals surface area contributed by atoms with Crippen LogP contribution in [0, 0.1) is 0 Å². The molecule has 0 aliphatic heterocycles. The Labute approximate surface area is 151 Å². The van der Waals surface area contributed by atoms with Crippen LogP contribution in [0.15, 0.2) is 83.1 Å². The Bertz CT molecular complexity index is 976. The molecule has 0 saturated heterocycles. The second kappa shape index (κ2) is 7.75. The zero-order valence-electron chi connectivity index (χ0n) is 13.7. The Kier molecular flexibility index (Phi) is 5.23. The van der Waals surface area contributed by atoms with Crippen molar-refractivity contribution in [3.63, 3.8) is 0 Å². The third kappa shape index (κ3) is 4.22. The van der Waals surface area contributed by atoms with Crippen LogP contribution in [0.25, 0.3) is 0 Å². The molecule has 0 radical (unpaired) electrons. The molecule has 2 heterocycles. The molecule has 0 atom stereocenters. The summed E-state index contributed by atoms with van der Waals surface area (Å²) in [5.74, 6) is 0. The van der Waals surface area contributed by atoms with E-state index in [1.165, 1.54) is 36.5 Å². The zero-order chi connectivity index (χ0) is 18.4. The third-order valence-corrected chi connectivity index (χ3v) is 5.20. The predicted molar refractivity (Wildman–Crippen MR) is 96.2 cm³/mol. The first-order valence-corrected chi connectivity index (χ1v) is 9.24. The molecule has 3 rings (SSSR count). The molecule has 2 amide bonds. The maximum atomic E-state index is 12.5. The van der Waals surface area contributed by atoms with Gasteiger partial charge in [-0.15, -0.1) is 0 Å². The molecule has 0 aliphatic rings. The van der Waals surface area contributed by atoms with E-state index in [0.29, 0.717) is 12.2 Å². The number of sulfone groups is 1. The maximum absolute atomic E-state index is 12.5. The number of benzene rings is 1. The van der Waals surface area contributed by atoms with Gasteiger partial charge in [-0.3, -0.25) is 4.98 Å². The van der Waals surface area contributed by atoms with Gasteiger partial charge in [-0.05, 0) is 48.0 Å². The molecule has 132 valence electrons. The van der Waals surface area contributed by atoms with Gasteiger partial charge in [0.2, 0.25) is 9.84 Å². The third-order valence-electron chi connectivity index (χ3n) is 3.51. The number of nitrogens with one attached hydrogen (secondary N) is 2. The second-order valence-electron chi connectivity index (χ2n) is 5.36. The smallest absolute Gasteiger partial charge is 0.319 e. The van der Waals surface area contributed by atoms with E-state index in [1.54, 1.807) is 30.6 Å². The molecule has 0 fully saturated rings. The highest BCUT2D eigenvalue weighted by molar-refractivity contribution is 7.91. The van der Waals surface area contributed by atoms with Crippen LogP contribution in [0.5, 0.6) is 0 Å². The van der Waals surface area contributed by atoms with E-state index < -0.39 is 15.9 Å². The van der Waals surface area contributed by atoms with Gasteiger partial charge in [0.25, 0.3) is 0 Å². The monoisotopic (exact) mass is 368 g/mol. The van der Waals surface area contributed by atoms with Crippen molar-refractivity contribution in [1.82, 2.24) is 15.3 Å². The second-order valence-corrected chi connectivity index (χ2v) is 7.26. The minimum absolute atomic E-state index is 0.0186. The van der Waals surface area contributed by atoms with Crippen molar-refractivity contribution >= 4 is 21.6 Å². The molecule has 0 aliphatic carbocycles. The van der Waals surface area contributed by atoms with Gasteiger partial charge in [0.1, 0.15) is 0 Å². The van der Waals surface area contributed by atoms with Crippen molar-refractivity contribution in [2.45, 2.75) is 16.5 Å². The molecule has 2 aromatic heterocycles. The summed E-state index contributed by atoms with van der Waals surface area (Å²) in [6, 6.07) is 13.9. The van der Waals surface area contributed by atoms with E-state index in [9.17, 15) is 13.2 Å². The Morgan fingerprint density at radius 2 is 1.77 bits per heavy atom. The first kappa shape index (κ1) is 17.6. The molecule has 8 heteroatoms. The SMILES string of the molecule is O=C(NCc1cccnc1)Nc1ccc(S(=O)(=O)c2ccccn2)cc1. The van der Waals surface area contributed by atoms with Gasteiger partial charge < -0.3 is 10.6 Å². The molecule has 2 N–H and O–H groups in total. The van der Waals surface area contributed by atoms with Gasteiger partial charge in [-0.1, -0.05) is 12.1 Å². The van der Waals surface area contributed by atoms with E-state index in [0.717, 1.165) is 5.56 Å². The van der Waals surface area contributed by atoms with Crippen LogP contribution in [-0.2, 0) is 16.4 Å². The summed E-state index contributed by atoms with van der Waals surface area (Å²) < 4.78 is 24.9. The van der Waals surface area contributed by atoms with E-state index in [-0.39, 0.29) is 9.92 Å². The average Bonchev–Trinajstić information content (AvgIpc) is 2.68. The number of carbonyl (C=O) groups excluding carboxylic acids is 1. The molecule has 0 unspecified atom stereocenters. The molecular weight excluding hydrogens is 352 g/mol. The Morgan fingerprint density at radius 1 is 0.962 bits per heavy atom. The van der Waals surface area contributed by atoms with Gasteiger partial charge in [-0.2, -0.15) is 0 Å². The van der Waals surface area contributed by atoms with Gasteiger partial charge in [-0.25, -0.2) is 18.2 Å². The fourth-order valence-corrected chi connectivity index (χ4v) is 3.40. The van der Waals surface area contributed by atoms with E-state index in [1.807, 2.05) is 6.07 Å². The van der Waals surface area contributed by atoms with E-state index in [2.05, 4.69) is 20.6 Å². The van der Waals surface area contributed by atoms with Crippen molar-refractivity contribution < 1.29 is 13.2 Å². The van der Waals surface area contributed by atoms with Crippen LogP contribution in [0.4, 0.5) is 10.5 Å². The lowest BCUT2D eigenvalue weighted by Gasteiger charge is -2.09. The van der Waals surface area contributed by atoms with Crippen LogP contribution in [0.1, 0.15) is 5.56 Å². The molecule has 7 nitrogen and oxygen atoms in total. The van der Waals surface area contributed by atoms with Gasteiger partial charge >= 0.3 is 6.03 Å². The number of nitrogens with zero attached hydrogens (tertiary/aromatic N) is 2. The standard InChI is InChI=1S/C18H16N4O3S/c23-18(21-13-14-4-3-10-19-12-14)22-15-6-8-16(9-7-15)26(24,25)17-5-1-2-11-20-17/h1-12H,13H2,(H2,21,22,23). The average molecular weight is 368 g/mol. The zero-order valence-corrected chi connectivity index (χ0v) is 14.5. The predicted octanol–water partition coefficient (Wildman–Crippen LogP) is 2.63. The first-order chi connectivity index (χ1) is 12.6. The number of pyridine rings is 2. The first-order valence-electron chi connectivity index (χ1n) is 7.76. The highest BCUT2D eigenvalue weighted by Gasteiger charge is 2.18. The van der Waals surface area contributed by atoms with Crippen molar-refractivity contribution in [1.29, 1.82) is 0 Å². The minimum atomic E-state index is -3.68. The number of carbonyl (C=O) groups is 1. The summed E-state index contributed by atoms with van der Waals surface area (Å²) in [5.41, 5.74) is 1.35. The van der Waals surface area contributed by atoms with Crippen LogP contribution in [-0.4, -0.2) is 24.4 Å². The summed E-state index contributed by atoms with van der Waals surface area (Å²) in [5, 5.41) is 5.33. The van der Waals surface area contributed by atoms with E-state index >= 15 is 0 Å². The van der Waals surface area contributed by atoms with Crippen molar-refractivity contribution in [3.8, 4) is 0 Å². The van der Waals surface area contributed by atoms with Crippen LogP contribution in [0.3, 0.4) is 0 Å². The maximum Gasteiger partial charge on any atom is 0.319 e. The number of urea groups is 1. The summed E-state index contributed by atoms with van der Waals surface area (Å²) in [6.07, 6.45) is 4.75. The van der Waals surface area contributed by atoms with Crippen LogP contribution >= 0.6 is 0 Å². The summed E-state index contributed by atoms with van der Waals surface area (Å²) in [4.78, 5) is 19.9. The topological polar surface area (TPSA) is 101 Å². The van der Waals surface area contributed by atoms with E-state index in [4.69, 9.17) is 0 Å².